The molecule has 0 aliphatic heterocycles. The number of ether oxygens (including phenoxy) is 1. The van der Waals surface area contributed by atoms with Crippen molar-refractivity contribution in [3.63, 3.8) is 0 Å². The van der Waals surface area contributed by atoms with Gasteiger partial charge in [-0.05, 0) is 25.4 Å². The number of hydrogen-bond donors (Lipinski definition) is 4. The van der Waals surface area contributed by atoms with Gasteiger partial charge in [0.05, 0.1) is 6.54 Å². The molecule has 0 heterocycles. The first kappa shape index (κ1) is 48.2. The van der Waals surface area contributed by atoms with Crippen LogP contribution in [0.5, 0.6) is 0 Å². The minimum Gasteiger partial charge on any atom is -0.480 e. The molecule has 0 aromatic heterocycles. The number of rotatable bonds is 11. The van der Waals surface area contributed by atoms with E-state index >= 15 is 0 Å². The van der Waals surface area contributed by atoms with Crippen LogP contribution in [-0.4, -0.2) is 95.6 Å². The summed E-state index contributed by atoms with van der Waals surface area (Å²) in [4.78, 5) is 40.0. The third-order valence-corrected chi connectivity index (χ3v) is 4.37. The highest BCUT2D eigenvalue weighted by molar-refractivity contribution is 6.63. The van der Waals surface area contributed by atoms with Crippen LogP contribution in [0.3, 0.4) is 0 Å². The molecule has 0 rings (SSSR count). The molecule has 0 atom stereocenters. The molecule has 0 aliphatic carbocycles. The van der Waals surface area contributed by atoms with Gasteiger partial charge in [0.1, 0.15) is 6.54 Å². The lowest BCUT2D eigenvalue weighted by atomic mass is 9.98. The van der Waals surface area contributed by atoms with Crippen molar-refractivity contribution in [3.8, 4) is 0 Å². The zero-order valence-electron chi connectivity index (χ0n) is 22.3. The third kappa shape index (κ3) is 19.6. The highest BCUT2D eigenvalue weighted by atomic mass is 35.5. The molecule has 44 heavy (non-hydrogen) atoms. The van der Waals surface area contributed by atoms with Crippen LogP contribution in [-0.2, 0) is 23.9 Å². The average molecular weight is 709 g/mol. The summed E-state index contributed by atoms with van der Waals surface area (Å²) in [7, 11) is 0. The van der Waals surface area contributed by atoms with Crippen LogP contribution < -0.4 is 11.1 Å². The predicted octanol–water partition coefficient (Wildman–Crippen LogP) is 5.24. The van der Waals surface area contributed by atoms with E-state index in [0.717, 1.165) is 13.2 Å². The van der Waals surface area contributed by atoms with Crippen LogP contribution in [0.1, 0.15) is 39.5 Å². The Morgan fingerprint density at radius 3 is 1.14 bits per heavy atom. The molecule has 0 radical (unpaired) electrons. The number of carbonyl (C=O) groups is 4. The summed E-state index contributed by atoms with van der Waals surface area (Å²) < 4.78 is 174. The Labute approximate surface area is 244 Å². The Kier molecular flexibility index (Phi) is 22.3. The highest BCUT2D eigenvalue weighted by Gasteiger charge is 2.72. The fourth-order valence-corrected chi connectivity index (χ4v) is 2.01. The van der Waals surface area contributed by atoms with Crippen LogP contribution in [0.2, 0.25) is 0 Å². The number of amides is 1. The zero-order chi connectivity index (χ0) is 36.4. The molecule has 264 valence electrons. The molecule has 1 amide bonds. The van der Waals surface area contributed by atoms with Crippen LogP contribution >= 0.6 is 11.6 Å². The van der Waals surface area contributed by atoms with Gasteiger partial charge in [-0.15, -0.1) is 0 Å². The van der Waals surface area contributed by atoms with Gasteiger partial charge in [-0.2, -0.15) is 52.7 Å². The Morgan fingerprint density at radius 2 is 0.955 bits per heavy atom. The minimum atomic E-state index is -6.22. The van der Waals surface area contributed by atoms with E-state index in [1.54, 1.807) is 0 Å². The predicted molar refractivity (Wildman–Crippen MR) is 121 cm³/mol. The molecular formula is C20H27ClF14N2O7. The first-order valence-electron chi connectivity index (χ1n) is 11.2. The molecule has 0 aromatic carbocycles. The molecule has 0 unspecified atom stereocenters. The van der Waals surface area contributed by atoms with E-state index in [9.17, 15) is 80.6 Å². The molecule has 0 saturated heterocycles. The van der Waals surface area contributed by atoms with Crippen LogP contribution in [0.4, 0.5) is 61.5 Å². The van der Waals surface area contributed by atoms with Gasteiger partial charge in [-0.25, -0.2) is 8.78 Å². The maximum absolute atomic E-state index is 13.0. The number of nitrogens with one attached hydrogen (secondary N) is 1. The number of carboxylic acids is 2. The quantitative estimate of drug-likeness (QED) is 0.168. The van der Waals surface area contributed by atoms with Gasteiger partial charge in [-0.1, -0.05) is 0 Å². The topological polar surface area (TPSA) is 156 Å². The van der Waals surface area contributed by atoms with Crippen molar-refractivity contribution in [2.75, 3.05) is 26.3 Å². The van der Waals surface area contributed by atoms with E-state index in [4.69, 9.17) is 14.9 Å². The lowest BCUT2D eigenvalue weighted by Gasteiger charge is -2.29. The first-order valence-corrected chi connectivity index (χ1v) is 11.6. The second-order valence-electron chi connectivity index (χ2n) is 7.50. The van der Waals surface area contributed by atoms with Crippen molar-refractivity contribution in [1.29, 1.82) is 0 Å². The number of alkyl halides is 14. The minimum absolute atomic E-state index is 0.278. The van der Waals surface area contributed by atoms with E-state index in [1.165, 1.54) is 5.32 Å². The van der Waals surface area contributed by atoms with Crippen LogP contribution in [0.25, 0.3) is 0 Å². The van der Waals surface area contributed by atoms with Gasteiger partial charge in [0.15, 0.2) is 0 Å². The smallest absolute Gasteiger partial charge is 0.431 e. The van der Waals surface area contributed by atoms with Crippen molar-refractivity contribution in [2.24, 2.45) is 5.73 Å². The molecule has 0 saturated carbocycles. The van der Waals surface area contributed by atoms with Crippen molar-refractivity contribution in [2.45, 2.75) is 75.6 Å². The van der Waals surface area contributed by atoms with Gasteiger partial charge < -0.3 is 26.0 Å². The molecule has 0 spiro atoms. The molecule has 0 aromatic rings. The largest absolute Gasteiger partial charge is 0.480 e. The fraction of sp³-hybridized carbons (Fsp3) is 0.800. The Balaban J connectivity index is -0.000000282. The second-order valence-corrected chi connectivity index (χ2v) is 7.92. The summed E-state index contributed by atoms with van der Waals surface area (Å²) in [6, 6.07) is 0. The monoisotopic (exact) mass is 708 g/mol. The fourth-order valence-electron chi connectivity index (χ4n) is 1.91. The third-order valence-electron chi connectivity index (χ3n) is 4.18. The summed E-state index contributed by atoms with van der Waals surface area (Å²) >= 11 is 4.54. The molecule has 5 N–H and O–H groups in total. The van der Waals surface area contributed by atoms with Crippen LogP contribution in [0.15, 0.2) is 0 Å². The number of aliphatic carboxylic acids is 2. The molecule has 0 aliphatic rings. The SMILES string of the molecule is CCOCC.NCC(=O)O.O=C(Cl)CCC(F)(C(F)(F)F)C(F)(F)F.O=C(O)CNC(=O)CCC(F)(C(F)(F)F)C(F)(F)F. The summed E-state index contributed by atoms with van der Waals surface area (Å²) in [5, 5.41) is 15.7. The van der Waals surface area contributed by atoms with Crippen molar-refractivity contribution in [3.05, 3.63) is 0 Å². The van der Waals surface area contributed by atoms with Crippen molar-refractivity contribution in [1.82, 2.24) is 5.32 Å². The van der Waals surface area contributed by atoms with Gasteiger partial charge in [0, 0.05) is 38.9 Å². The van der Waals surface area contributed by atoms with E-state index < -0.39 is 91.4 Å². The molecule has 0 bridgehead atoms. The molecule has 24 heteroatoms. The normalized spacial score (nSPS) is 12.3. The lowest BCUT2D eigenvalue weighted by Crippen LogP contribution is -2.53. The number of nitrogens with two attached hydrogens (primary N) is 1. The summed E-state index contributed by atoms with van der Waals surface area (Å²) in [6.45, 7) is 4.40. The average Bonchev–Trinajstić information content (AvgIpc) is 2.83. The Hall–Kier alpha value is -2.69. The van der Waals surface area contributed by atoms with Gasteiger partial charge in [0.2, 0.25) is 11.1 Å². The maximum Gasteiger partial charge on any atom is 0.431 e. The van der Waals surface area contributed by atoms with Gasteiger partial charge >= 0.3 is 36.6 Å². The maximum atomic E-state index is 13.0. The van der Waals surface area contributed by atoms with E-state index in [-0.39, 0.29) is 6.54 Å². The first-order chi connectivity index (χ1) is 19.4. The second kappa shape index (κ2) is 20.4. The van der Waals surface area contributed by atoms with E-state index in [2.05, 4.69) is 17.3 Å². The summed E-state index contributed by atoms with van der Waals surface area (Å²) in [5.41, 5.74) is -6.34. The van der Waals surface area contributed by atoms with Gasteiger partial charge in [0.25, 0.3) is 11.3 Å². The number of hydrogen-bond acceptors (Lipinski definition) is 6. The van der Waals surface area contributed by atoms with Gasteiger partial charge in [-0.3, -0.25) is 19.2 Å². The number of halogens is 15. The van der Waals surface area contributed by atoms with E-state index in [0.29, 0.717) is 0 Å². The van der Waals surface area contributed by atoms with Crippen LogP contribution in [0, 0.1) is 0 Å². The Morgan fingerprint density at radius 1 is 0.659 bits per heavy atom. The summed E-state index contributed by atoms with van der Waals surface area (Å²) in [5.74, 6) is -3.95. The molecular weight excluding hydrogens is 682 g/mol. The van der Waals surface area contributed by atoms with Crippen molar-refractivity contribution < 1.29 is 95.6 Å². The van der Waals surface area contributed by atoms with Crippen molar-refractivity contribution >= 4 is 34.7 Å². The molecule has 0 fully saturated rings. The van der Waals surface area contributed by atoms with E-state index in [1.807, 2.05) is 13.8 Å². The number of carboxylic acid groups (broad SMARTS) is 2. The summed E-state index contributed by atoms with van der Waals surface area (Å²) in [6.07, 6.45) is -31.8. The lowest BCUT2D eigenvalue weighted by molar-refractivity contribution is -0.343. The Bertz CT molecular complexity index is 849. The number of carbonyl (C=O) groups excluding carboxylic acids is 2. The zero-order valence-corrected chi connectivity index (χ0v) is 23.1. The highest BCUT2D eigenvalue weighted by Crippen LogP contribution is 2.50. The standard InChI is InChI=1S/C8H8F7NO3.C6H4ClF7O.C4H10O.C2H5NO2/c9-6(7(10,11)12,8(13,14)15)2-1-4(17)16-3-5(18)19;7-3(15)1-2-4(8,5(9,10)11)6(12,13)14;1-3-5-4-2;3-1-2(4)5/h1-3H2,(H,16,17)(H,18,19);1-2H2;3-4H2,1-2H3;1,3H2,(H,4,5). The molecule has 9 nitrogen and oxygen atoms in total.